The lowest BCUT2D eigenvalue weighted by molar-refractivity contribution is 0.297. The number of fused-ring (bicyclic) bond motifs is 1. The topological polar surface area (TPSA) is 46.1 Å². The SMILES string of the molecule is CCNC(=NCc1ccc2c(c1)OCCCO2)N(C)CCc1cccs1. The number of nitrogens with one attached hydrogen (secondary N) is 1. The Morgan fingerprint density at radius 2 is 2.08 bits per heavy atom. The summed E-state index contributed by atoms with van der Waals surface area (Å²) in [5, 5.41) is 5.50. The molecule has 1 aliphatic heterocycles. The minimum Gasteiger partial charge on any atom is -0.490 e. The predicted octanol–water partition coefficient (Wildman–Crippen LogP) is 3.55. The zero-order valence-electron chi connectivity index (χ0n) is 15.5. The van der Waals surface area contributed by atoms with Crippen molar-refractivity contribution in [3.63, 3.8) is 0 Å². The number of nitrogens with zero attached hydrogens (tertiary/aromatic N) is 2. The van der Waals surface area contributed by atoms with Gasteiger partial charge in [-0.2, -0.15) is 0 Å². The summed E-state index contributed by atoms with van der Waals surface area (Å²) in [5.41, 5.74) is 1.12. The summed E-state index contributed by atoms with van der Waals surface area (Å²) in [4.78, 5) is 8.38. The lowest BCUT2D eigenvalue weighted by Crippen LogP contribution is -2.39. The molecule has 0 unspecified atom stereocenters. The number of guanidine groups is 1. The molecule has 0 radical (unpaired) electrons. The number of aliphatic imine (C=N–C) groups is 1. The van der Waals surface area contributed by atoms with E-state index in [1.165, 1.54) is 4.88 Å². The van der Waals surface area contributed by atoms with Gasteiger partial charge in [-0.1, -0.05) is 12.1 Å². The van der Waals surface area contributed by atoms with Crippen LogP contribution in [0.5, 0.6) is 11.5 Å². The van der Waals surface area contributed by atoms with Crippen LogP contribution in [0.15, 0.2) is 40.7 Å². The van der Waals surface area contributed by atoms with E-state index in [2.05, 4.69) is 47.8 Å². The standard InChI is InChI=1S/C20H27N3O2S/c1-3-21-20(23(2)10-9-17-6-4-13-26-17)22-15-16-7-8-18-19(14-16)25-12-5-11-24-18/h4,6-8,13-14H,3,5,9-12,15H2,1-2H3,(H,21,22). The van der Waals surface area contributed by atoms with Crippen molar-refractivity contribution in [1.29, 1.82) is 0 Å². The molecule has 0 saturated heterocycles. The van der Waals surface area contributed by atoms with Gasteiger partial charge in [0.05, 0.1) is 19.8 Å². The van der Waals surface area contributed by atoms with Crippen molar-refractivity contribution in [3.8, 4) is 11.5 Å². The molecule has 0 fully saturated rings. The van der Waals surface area contributed by atoms with E-state index in [0.717, 1.165) is 49.0 Å². The Balaban J connectivity index is 1.63. The molecule has 2 aromatic rings. The third-order valence-corrected chi connectivity index (χ3v) is 5.13. The Labute approximate surface area is 159 Å². The molecular weight excluding hydrogens is 346 g/mol. The summed E-state index contributed by atoms with van der Waals surface area (Å²) < 4.78 is 11.5. The smallest absolute Gasteiger partial charge is 0.193 e. The maximum Gasteiger partial charge on any atom is 0.193 e. The van der Waals surface area contributed by atoms with Crippen LogP contribution < -0.4 is 14.8 Å². The highest BCUT2D eigenvalue weighted by Gasteiger charge is 2.11. The zero-order valence-corrected chi connectivity index (χ0v) is 16.3. The van der Waals surface area contributed by atoms with Gasteiger partial charge in [0.15, 0.2) is 17.5 Å². The molecule has 0 amide bonds. The number of hydrogen-bond acceptors (Lipinski definition) is 4. The van der Waals surface area contributed by atoms with Crippen molar-refractivity contribution in [2.24, 2.45) is 4.99 Å². The van der Waals surface area contributed by atoms with Crippen LogP contribution in [-0.2, 0) is 13.0 Å². The second-order valence-electron chi connectivity index (χ2n) is 6.25. The van der Waals surface area contributed by atoms with Crippen LogP contribution in [0.2, 0.25) is 0 Å². The molecule has 1 aromatic heterocycles. The number of likely N-dealkylation sites (N-methyl/N-ethyl adjacent to an activating group) is 1. The van der Waals surface area contributed by atoms with E-state index in [4.69, 9.17) is 14.5 Å². The van der Waals surface area contributed by atoms with E-state index < -0.39 is 0 Å². The van der Waals surface area contributed by atoms with Crippen molar-refractivity contribution in [3.05, 3.63) is 46.2 Å². The van der Waals surface area contributed by atoms with Crippen molar-refractivity contribution in [2.45, 2.75) is 26.3 Å². The molecule has 5 nitrogen and oxygen atoms in total. The molecule has 0 spiro atoms. The Morgan fingerprint density at radius 3 is 2.85 bits per heavy atom. The molecule has 0 saturated carbocycles. The Morgan fingerprint density at radius 1 is 1.23 bits per heavy atom. The van der Waals surface area contributed by atoms with Crippen LogP contribution in [-0.4, -0.2) is 44.2 Å². The van der Waals surface area contributed by atoms with E-state index in [9.17, 15) is 0 Å². The summed E-state index contributed by atoms with van der Waals surface area (Å²) >= 11 is 1.80. The van der Waals surface area contributed by atoms with Gasteiger partial charge >= 0.3 is 0 Å². The first-order chi connectivity index (χ1) is 12.8. The van der Waals surface area contributed by atoms with E-state index >= 15 is 0 Å². The number of rotatable bonds is 6. The Bertz CT molecular complexity index is 716. The van der Waals surface area contributed by atoms with Crippen molar-refractivity contribution < 1.29 is 9.47 Å². The number of ether oxygens (including phenoxy) is 2. The highest BCUT2D eigenvalue weighted by Crippen LogP contribution is 2.30. The monoisotopic (exact) mass is 373 g/mol. The summed E-state index contributed by atoms with van der Waals surface area (Å²) in [6.07, 6.45) is 1.95. The van der Waals surface area contributed by atoms with Crippen LogP contribution in [0, 0.1) is 0 Å². The van der Waals surface area contributed by atoms with E-state index in [1.807, 2.05) is 12.1 Å². The Kier molecular flexibility index (Phi) is 6.77. The van der Waals surface area contributed by atoms with Gasteiger partial charge in [-0.25, -0.2) is 4.99 Å². The first-order valence-corrected chi connectivity index (χ1v) is 10.0. The number of thiophene rings is 1. The third kappa shape index (κ3) is 5.14. The van der Waals surface area contributed by atoms with Crippen LogP contribution in [0.25, 0.3) is 0 Å². The first kappa shape index (κ1) is 18.6. The third-order valence-electron chi connectivity index (χ3n) is 4.19. The van der Waals surface area contributed by atoms with Crippen LogP contribution in [0.3, 0.4) is 0 Å². The van der Waals surface area contributed by atoms with E-state index in [0.29, 0.717) is 19.8 Å². The average molecular weight is 374 g/mol. The van der Waals surface area contributed by atoms with Crippen molar-refractivity contribution in [1.82, 2.24) is 10.2 Å². The normalized spacial score (nSPS) is 14.0. The molecule has 26 heavy (non-hydrogen) atoms. The molecule has 1 aliphatic rings. The molecule has 0 bridgehead atoms. The van der Waals surface area contributed by atoms with Gasteiger partial charge in [-0.3, -0.25) is 0 Å². The number of benzene rings is 1. The average Bonchev–Trinajstić information content (AvgIpc) is 3.07. The van der Waals surface area contributed by atoms with Crippen LogP contribution in [0.1, 0.15) is 23.8 Å². The van der Waals surface area contributed by atoms with Gasteiger partial charge in [0, 0.05) is 31.4 Å². The molecule has 1 aromatic carbocycles. The lowest BCUT2D eigenvalue weighted by atomic mass is 10.2. The maximum absolute atomic E-state index is 5.77. The van der Waals surface area contributed by atoms with Gasteiger partial charge in [-0.05, 0) is 42.5 Å². The maximum atomic E-state index is 5.77. The Hall–Kier alpha value is -2.21. The fraction of sp³-hybridized carbons (Fsp3) is 0.450. The molecule has 0 atom stereocenters. The summed E-state index contributed by atoms with van der Waals surface area (Å²) in [5.74, 6) is 2.58. The molecule has 2 heterocycles. The van der Waals surface area contributed by atoms with Gasteiger partial charge in [0.25, 0.3) is 0 Å². The fourth-order valence-electron chi connectivity index (χ4n) is 2.78. The molecule has 3 rings (SSSR count). The van der Waals surface area contributed by atoms with Gasteiger partial charge < -0.3 is 19.7 Å². The summed E-state index contributed by atoms with van der Waals surface area (Å²) in [6, 6.07) is 10.4. The number of hydrogen-bond donors (Lipinski definition) is 1. The quantitative estimate of drug-likeness (QED) is 0.621. The first-order valence-electron chi connectivity index (χ1n) is 9.16. The minimum atomic E-state index is 0.613. The molecular formula is C20H27N3O2S. The molecule has 140 valence electrons. The highest BCUT2D eigenvalue weighted by atomic mass is 32.1. The second-order valence-corrected chi connectivity index (χ2v) is 7.28. The molecule has 6 heteroatoms. The molecule has 0 aliphatic carbocycles. The fourth-order valence-corrected chi connectivity index (χ4v) is 3.48. The second kappa shape index (κ2) is 9.48. The zero-order chi connectivity index (χ0) is 18.2. The minimum absolute atomic E-state index is 0.613. The van der Waals surface area contributed by atoms with Crippen LogP contribution in [0.4, 0.5) is 0 Å². The van der Waals surface area contributed by atoms with E-state index in [-0.39, 0.29) is 0 Å². The molecule has 1 N–H and O–H groups in total. The van der Waals surface area contributed by atoms with E-state index in [1.54, 1.807) is 11.3 Å². The van der Waals surface area contributed by atoms with Gasteiger partial charge in [0.2, 0.25) is 0 Å². The van der Waals surface area contributed by atoms with Crippen molar-refractivity contribution in [2.75, 3.05) is 33.4 Å². The van der Waals surface area contributed by atoms with Crippen LogP contribution >= 0.6 is 11.3 Å². The lowest BCUT2D eigenvalue weighted by Gasteiger charge is -2.22. The highest BCUT2D eigenvalue weighted by molar-refractivity contribution is 7.09. The summed E-state index contributed by atoms with van der Waals surface area (Å²) in [7, 11) is 2.09. The van der Waals surface area contributed by atoms with Gasteiger partial charge in [-0.15, -0.1) is 11.3 Å². The van der Waals surface area contributed by atoms with Crippen molar-refractivity contribution >= 4 is 17.3 Å². The van der Waals surface area contributed by atoms with Gasteiger partial charge in [0.1, 0.15) is 0 Å². The predicted molar refractivity (Wildman–Crippen MR) is 108 cm³/mol. The largest absolute Gasteiger partial charge is 0.490 e. The summed E-state index contributed by atoms with van der Waals surface area (Å²) in [6.45, 7) is 5.91.